The largest absolute Gasteiger partial charge is 0.484 e. The maximum absolute atomic E-state index is 12.4. The van der Waals surface area contributed by atoms with Crippen molar-refractivity contribution in [2.75, 3.05) is 29.9 Å². The van der Waals surface area contributed by atoms with E-state index in [1.807, 2.05) is 42.5 Å². The lowest BCUT2D eigenvalue weighted by Gasteiger charge is -2.17. The first-order chi connectivity index (χ1) is 14.7. The third kappa shape index (κ3) is 4.87. The van der Waals surface area contributed by atoms with E-state index in [1.54, 1.807) is 36.4 Å². The molecule has 1 aliphatic rings. The van der Waals surface area contributed by atoms with Gasteiger partial charge in [0.15, 0.2) is 12.4 Å². The summed E-state index contributed by atoms with van der Waals surface area (Å²) < 4.78 is 5.55. The van der Waals surface area contributed by atoms with Crippen LogP contribution in [0.15, 0.2) is 78.9 Å². The maximum atomic E-state index is 12.4. The van der Waals surface area contributed by atoms with Gasteiger partial charge in [-0.15, -0.1) is 0 Å². The predicted molar refractivity (Wildman–Crippen MR) is 118 cm³/mol. The van der Waals surface area contributed by atoms with E-state index in [1.165, 1.54) is 18.5 Å². The molecule has 5 heteroatoms. The van der Waals surface area contributed by atoms with Crippen molar-refractivity contribution in [1.82, 2.24) is 0 Å². The molecule has 0 aliphatic carbocycles. The number of nitrogens with one attached hydrogen (secondary N) is 1. The molecule has 1 N–H and O–H groups in total. The van der Waals surface area contributed by atoms with Crippen molar-refractivity contribution in [3.8, 4) is 5.75 Å². The second kappa shape index (κ2) is 9.27. The van der Waals surface area contributed by atoms with Crippen LogP contribution in [-0.4, -0.2) is 31.4 Å². The Bertz CT molecular complexity index is 993. The first-order valence-corrected chi connectivity index (χ1v) is 10.2. The number of ether oxygens (including phenoxy) is 1. The van der Waals surface area contributed by atoms with E-state index in [9.17, 15) is 9.59 Å². The van der Waals surface area contributed by atoms with Crippen molar-refractivity contribution in [2.24, 2.45) is 0 Å². The third-order valence-corrected chi connectivity index (χ3v) is 5.14. The summed E-state index contributed by atoms with van der Waals surface area (Å²) in [5.41, 5.74) is 3.15. The Kier molecular flexibility index (Phi) is 6.09. The summed E-state index contributed by atoms with van der Waals surface area (Å²) >= 11 is 0. The average Bonchev–Trinajstić information content (AvgIpc) is 3.34. The van der Waals surface area contributed by atoms with Crippen LogP contribution in [0.5, 0.6) is 5.75 Å². The molecule has 5 nitrogen and oxygen atoms in total. The molecule has 0 spiro atoms. The van der Waals surface area contributed by atoms with Crippen LogP contribution in [0, 0.1) is 0 Å². The second-order valence-electron chi connectivity index (χ2n) is 7.30. The first-order valence-electron chi connectivity index (χ1n) is 10.2. The molecule has 3 aromatic rings. The van der Waals surface area contributed by atoms with Crippen LogP contribution in [-0.2, 0) is 4.79 Å². The van der Waals surface area contributed by atoms with E-state index in [0.29, 0.717) is 16.9 Å². The standard InChI is InChI=1S/C25H24N2O3/c28-24(26-21-10-12-22(13-11-21)27-16-4-5-17-27)18-30-23-14-8-20(9-15-23)25(29)19-6-2-1-3-7-19/h1-3,6-15H,4-5,16-18H2,(H,26,28). The fourth-order valence-electron chi connectivity index (χ4n) is 3.54. The number of rotatable bonds is 7. The molecule has 0 radical (unpaired) electrons. The Hall–Kier alpha value is -3.60. The van der Waals surface area contributed by atoms with E-state index in [-0.39, 0.29) is 18.3 Å². The molecular weight excluding hydrogens is 376 g/mol. The SMILES string of the molecule is O=C(COc1ccc(C(=O)c2ccccc2)cc1)Nc1ccc(N2CCCC2)cc1. The number of benzene rings is 3. The first kappa shape index (κ1) is 19.7. The number of hydrogen-bond donors (Lipinski definition) is 1. The van der Waals surface area contributed by atoms with Gasteiger partial charge < -0.3 is 15.0 Å². The molecule has 1 amide bonds. The summed E-state index contributed by atoms with van der Waals surface area (Å²) in [6.07, 6.45) is 2.47. The lowest BCUT2D eigenvalue weighted by atomic mass is 10.0. The zero-order valence-electron chi connectivity index (χ0n) is 16.7. The molecule has 0 unspecified atom stereocenters. The molecule has 0 bridgehead atoms. The molecule has 3 aromatic carbocycles. The highest BCUT2D eigenvalue weighted by Gasteiger charge is 2.12. The third-order valence-electron chi connectivity index (χ3n) is 5.14. The quantitative estimate of drug-likeness (QED) is 0.592. The molecular formula is C25H24N2O3. The number of hydrogen-bond acceptors (Lipinski definition) is 4. The van der Waals surface area contributed by atoms with E-state index in [4.69, 9.17) is 4.74 Å². The van der Waals surface area contributed by atoms with Crippen LogP contribution in [0.4, 0.5) is 11.4 Å². The zero-order valence-corrected chi connectivity index (χ0v) is 16.7. The summed E-state index contributed by atoms with van der Waals surface area (Å²) in [4.78, 5) is 27.0. The van der Waals surface area contributed by atoms with Gasteiger partial charge in [-0.2, -0.15) is 0 Å². The topological polar surface area (TPSA) is 58.6 Å². The summed E-state index contributed by atoms with van der Waals surface area (Å²) in [6.45, 7) is 2.09. The van der Waals surface area contributed by atoms with Gasteiger partial charge in [0.05, 0.1) is 0 Å². The molecule has 0 saturated carbocycles. The van der Waals surface area contributed by atoms with Crippen LogP contribution in [0.2, 0.25) is 0 Å². The van der Waals surface area contributed by atoms with Gasteiger partial charge in [-0.3, -0.25) is 9.59 Å². The molecule has 1 aliphatic heterocycles. The normalized spacial score (nSPS) is 13.1. The Morgan fingerprint density at radius 3 is 2.10 bits per heavy atom. The van der Waals surface area contributed by atoms with Gasteiger partial charge in [0.25, 0.3) is 5.91 Å². The van der Waals surface area contributed by atoms with Gasteiger partial charge in [0.1, 0.15) is 5.75 Å². The number of carbonyl (C=O) groups is 2. The van der Waals surface area contributed by atoms with Crippen LogP contribution in [0.1, 0.15) is 28.8 Å². The number of nitrogens with zero attached hydrogens (tertiary/aromatic N) is 1. The van der Waals surface area contributed by atoms with Gasteiger partial charge >= 0.3 is 0 Å². The fourth-order valence-corrected chi connectivity index (χ4v) is 3.54. The van der Waals surface area contributed by atoms with Crippen molar-refractivity contribution < 1.29 is 14.3 Å². The number of ketones is 1. The van der Waals surface area contributed by atoms with E-state index in [2.05, 4.69) is 10.2 Å². The van der Waals surface area contributed by atoms with Crippen molar-refractivity contribution in [2.45, 2.75) is 12.8 Å². The van der Waals surface area contributed by atoms with Gasteiger partial charge in [0.2, 0.25) is 0 Å². The minimum absolute atomic E-state index is 0.0442. The lowest BCUT2D eigenvalue weighted by Crippen LogP contribution is -2.20. The zero-order chi connectivity index (χ0) is 20.8. The Morgan fingerprint density at radius 1 is 0.800 bits per heavy atom. The smallest absolute Gasteiger partial charge is 0.262 e. The number of carbonyl (C=O) groups excluding carboxylic acids is 2. The Morgan fingerprint density at radius 2 is 1.43 bits per heavy atom. The molecule has 152 valence electrons. The molecule has 1 saturated heterocycles. The predicted octanol–water partition coefficient (Wildman–Crippen LogP) is 4.54. The van der Waals surface area contributed by atoms with Crippen LogP contribution < -0.4 is 15.0 Å². The lowest BCUT2D eigenvalue weighted by molar-refractivity contribution is -0.118. The van der Waals surface area contributed by atoms with Gasteiger partial charge in [0, 0.05) is 35.6 Å². The van der Waals surface area contributed by atoms with Gasteiger partial charge in [-0.1, -0.05) is 30.3 Å². The van der Waals surface area contributed by atoms with Crippen molar-refractivity contribution in [3.63, 3.8) is 0 Å². The number of amides is 1. The van der Waals surface area contributed by atoms with Crippen LogP contribution in [0.3, 0.4) is 0 Å². The van der Waals surface area contributed by atoms with Crippen LogP contribution >= 0.6 is 0 Å². The van der Waals surface area contributed by atoms with Crippen molar-refractivity contribution in [1.29, 1.82) is 0 Å². The Labute approximate surface area is 176 Å². The Balaban J connectivity index is 1.28. The van der Waals surface area contributed by atoms with E-state index >= 15 is 0 Å². The van der Waals surface area contributed by atoms with Gasteiger partial charge in [-0.25, -0.2) is 0 Å². The maximum Gasteiger partial charge on any atom is 0.262 e. The minimum atomic E-state index is -0.228. The number of anilines is 2. The fraction of sp³-hybridized carbons (Fsp3) is 0.200. The van der Waals surface area contributed by atoms with Gasteiger partial charge in [-0.05, 0) is 61.4 Å². The summed E-state index contributed by atoms with van der Waals surface area (Å²) in [6, 6.07) is 23.8. The molecule has 4 rings (SSSR count). The van der Waals surface area contributed by atoms with Crippen molar-refractivity contribution in [3.05, 3.63) is 90.0 Å². The van der Waals surface area contributed by atoms with Crippen LogP contribution in [0.25, 0.3) is 0 Å². The molecule has 1 fully saturated rings. The van der Waals surface area contributed by atoms with Crippen molar-refractivity contribution >= 4 is 23.1 Å². The molecule has 30 heavy (non-hydrogen) atoms. The highest BCUT2D eigenvalue weighted by molar-refractivity contribution is 6.09. The highest BCUT2D eigenvalue weighted by Crippen LogP contribution is 2.22. The van der Waals surface area contributed by atoms with E-state index in [0.717, 1.165) is 18.8 Å². The highest BCUT2D eigenvalue weighted by atomic mass is 16.5. The molecule has 0 aromatic heterocycles. The molecule has 0 atom stereocenters. The summed E-state index contributed by atoms with van der Waals surface area (Å²) in [5.74, 6) is 0.268. The second-order valence-corrected chi connectivity index (χ2v) is 7.30. The minimum Gasteiger partial charge on any atom is -0.484 e. The molecule has 1 heterocycles. The summed E-state index contributed by atoms with van der Waals surface area (Å²) in [5, 5.41) is 2.84. The average molecular weight is 400 g/mol. The monoisotopic (exact) mass is 400 g/mol. The van der Waals surface area contributed by atoms with E-state index < -0.39 is 0 Å². The summed E-state index contributed by atoms with van der Waals surface area (Å²) in [7, 11) is 0.